The highest BCUT2D eigenvalue weighted by Crippen LogP contribution is 2.46. The van der Waals surface area contributed by atoms with Crippen molar-refractivity contribution in [1.82, 2.24) is 39.6 Å². The predicted molar refractivity (Wildman–Crippen MR) is 230 cm³/mol. The number of aliphatic hydroxyl groups is 1. The van der Waals surface area contributed by atoms with E-state index < -0.39 is 24.6 Å². The van der Waals surface area contributed by atoms with Gasteiger partial charge in [0.1, 0.15) is 35.4 Å². The summed E-state index contributed by atoms with van der Waals surface area (Å²) in [6.45, 7) is 8.98. The number of rotatable bonds is 11. The Hall–Kier alpha value is -6.16. The fourth-order valence-corrected chi connectivity index (χ4v) is 9.34. The summed E-state index contributed by atoms with van der Waals surface area (Å²) < 4.78 is 9.02. The maximum atomic E-state index is 13.6. The minimum absolute atomic E-state index is 0.0708. The largest absolute Gasteiger partial charge is 0.508 e. The monoisotopic (exact) mass is 827 g/mol. The average molecular weight is 828 g/mol. The van der Waals surface area contributed by atoms with Gasteiger partial charge in [-0.2, -0.15) is 0 Å². The molecule has 3 aliphatic heterocycles. The Bertz CT molecular complexity index is 2590. The van der Waals surface area contributed by atoms with Crippen LogP contribution in [0.2, 0.25) is 0 Å². The zero-order valence-electron chi connectivity index (χ0n) is 34.7. The standard InChI is InChI=1S/C46H53N9O6/c1-24(2)39(47)43(57)53-16-6-10-35(53)41-49-23-33(51-41)27-12-14-31-37-20-29-18-26(13-15-34(29)55(37)45(61-38(31)21-27)28-8-5-9-30(56)19-28)32-22-48-42(50-32)36-11-7-17-54(36)44(58)40(25(3)4)52-46(59)60/h5,8-9,12-15,18-25,35-36,39-40,43,45,52,56-57H,6-7,10-11,16-17,47H2,1-4H3,(H,48,50)(H,49,51)(H,59,60)/t35-,36-,39-,40-,43?,45?/m0/s1. The number of phenols is 1. The van der Waals surface area contributed by atoms with Crippen LogP contribution in [0, 0.1) is 11.8 Å². The number of hydrogen-bond acceptors (Lipinski definition) is 9. The van der Waals surface area contributed by atoms with Crippen molar-refractivity contribution < 1.29 is 29.6 Å². The third-order valence-electron chi connectivity index (χ3n) is 12.7. The van der Waals surface area contributed by atoms with Gasteiger partial charge in [-0.25, -0.2) is 14.8 Å². The number of ether oxygens (including phenoxy) is 1. The van der Waals surface area contributed by atoms with Crippen LogP contribution >= 0.6 is 0 Å². The number of carbonyl (C=O) groups is 2. The normalized spacial score (nSPS) is 20.5. The molecule has 3 aromatic heterocycles. The SMILES string of the molecule is CC(C)[C@H](N)C(O)N1CCC[C@H]1c1ncc(-c2ccc3c(c2)OC(c2cccc(O)c2)n2c-3cc3cc(-c4cnc([C@@H]5CCCN5C(=O)[C@@H](NC(=O)O)C(C)C)[nH]4)ccc32)[nH]1. The number of likely N-dealkylation sites (tertiary alicyclic amines) is 2. The number of aromatic hydroxyl groups is 1. The number of carbonyl (C=O) groups excluding carboxylic acids is 1. The molecule has 0 spiro atoms. The Balaban J connectivity index is 1.03. The maximum absolute atomic E-state index is 13.6. The van der Waals surface area contributed by atoms with Crippen molar-refractivity contribution in [1.29, 1.82) is 0 Å². The molecule has 15 heteroatoms. The van der Waals surface area contributed by atoms with Gasteiger partial charge < -0.3 is 50.5 Å². The summed E-state index contributed by atoms with van der Waals surface area (Å²) in [5.74, 6) is 1.96. The quantitative estimate of drug-likeness (QED) is 0.0703. The molecule has 3 aliphatic rings. The van der Waals surface area contributed by atoms with Crippen molar-refractivity contribution in [3.05, 3.63) is 96.3 Å². The highest BCUT2D eigenvalue weighted by atomic mass is 16.5. The molecule has 2 saturated heterocycles. The van der Waals surface area contributed by atoms with Gasteiger partial charge in [0.05, 0.1) is 47.1 Å². The van der Waals surface area contributed by atoms with E-state index in [1.165, 1.54) is 0 Å². The number of hydrogen-bond donors (Lipinski definition) is 7. The zero-order chi connectivity index (χ0) is 42.7. The lowest BCUT2D eigenvalue weighted by molar-refractivity contribution is -0.135. The molecule has 3 aromatic carbocycles. The van der Waals surface area contributed by atoms with Crippen LogP contribution in [0.5, 0.6) is 11.5 Å². The molecule has 2 fully saturated rings. The van der Waals surface area contributed by atoms with Gasteiger partial charge in [-0.05, 0) is 80.0 Å². The predicted octanol–water partition coefficient (Wildman–Crippen LogP) is 7.13. The molecule has 9 rings (SSSR count). The number of aliphatic hydroxyl groups excluding tert-OH is 1. The first-order valence-corrected chi connectivity index (χ1v) is 21.2. The molecular formula is C46H53N9O6. The molecule has 61 heavy (non-hydrogen) atoms. The number of aromatic amines is 2. The van der Waals surface area contributed by atoms with Crippen molar-refractivity contribution in [2.45, 2.75) is 90.0 Å². The van der Waals surface area contributed by atoms with Crippen LogP contribution < -0.4 is 15.8 Å². The van der Waals surface area contributed by atoms with E-state index in [0.29, 0.717) is 18.1 Å². The highest BCUT2D eigenvalue weighted by Gasteiger charge is 2.39. The first-order valence-electron chi connectivity index (χ1n) is 21.2. The number of nitrogens with one attached hydrogen (secondary N) is 3. The summed E-state index contributed by atoms with van der Waals surface area (Å²) in [5.41, 5.74) is 13.4. The molecule has 15 nitrogen and oxygen atoms in total. The van der Waals surface area contributed by atoms with Crippen molar-refractivity contribution in [2.75, 3.05) is 13.1 Å². The molecule has 0 saturated carbocycles. The van der Waals surface area contributed by atoms with E-state index in [1.54, 1.807) is 23.2 Å². The lowest BCUT2D eigenvalue weighted by atomic mass is 10.0. The Morgan fingerprint density at radius 2 is 1.56 bits per heavy atom. The molecular weight excluding hydrogens is 775 g/mol. The molecule has 6 heterocycles. The molecule has 318 valence electrons. The van der Waals surface area contributed by atoms with Crippen LogP contribution in [0.25, 0.3) is 44.7 Å². The van der Waals surface area contributed by atoms with Crippen molar-refractivity contribution in [2.24, 2.45) is 17.6 Å². The summed E-state index contributed by atoms with van der Waals surface area (Å²) in [4.78, 5) is 45.4. The zero-order valence-corrected chi connectivity index (χ0v) is 34.7. The van der Waals surface area contributed by atoms with Crippen LogP contribution in [0.4, 0.5) is 4.79 Å². The Morgan fingerprint density at radius 3 is 2.26 bits per heavy atom. The third kappa shape index (κ3) is 7.40. The number of imidazole rings is 2. The number of nitrogens with two attached hydrogens (primary N) is 1. The number of carboxylic acid groups (broad SMARTS) is 1. The number of aromatic nitrogens is 5. The second-order valence-corrected chi connectivity index (χ2v) is 17.3. The van der Waals surface area contributed by atoms with Gasteiger partial charge >= 0.3 is 6.09 Å². The van der Waals surface area contributed by atoms with E-state index in [4.69, 9.17) is 20.4 Å². The number of fused-ring (bicyclic) bond motifs is 5. The summed E-state index contributed by atoms with van der Waals surface area (Å²) >= 11 is 0. The van der Waals surface area contributed by atoms with Crippen LogP contribution in [-0.4, -0.2) is 93.0 Å². The van der Waals surface area contributed by atoms with Crippen LogP contribution in [-0.2, 0) is 4.79 Å². The second-order valence-electron chi connectivity index (χ2n) is 17.3. The minimum atomic E-state index is -1.22. The lowest BCUT2D eigenvalue weighted by Crippen LogP contribution is -2.50. The topological polar surface area (TPSA) is 211 Å². The fourth-order valence-electron chi connectivity index (χ4n) is 9.34. The lowest BCUT2D eigenvalue weighted by Gasteiger charge is -2.33. The Labute approximate surface area is 353 Å². The maximum Gasteiger partial charge on any atom is 0.405 e. The van der Waals surface area contributed by atoms with Crippen molar-refractivity contribution in [3.63, 3.8) is 0 Å². The first-order chi connectivity index (χ1) is 29.4. The van der Waals surface area contributed by atoms with Gasteiger partial charge in [0.2, 0.25) is 12.1 Å². The van der Waals surface area contributed by atoms with Gasteiger partial charge in [-0.15, -0.1) is 0 Å². The van der Waals surface area contributed by atoms with E-state index in [2.05, 4.69) is 55.1 Å². The molecule has 0 radical (unpaired) electrons. The molecule has 2 amide bonds. The average Bonchev–Trinajstić information content (AvgIpc) is 4.10. The highest BCUT2D eigenvalue weighted by molar-refractivity contribution is 5.92. The van der Waals surface area contributed by atoms with Crippen LogP contribution in [0.3, 0.4) is 0 Å². The number of H-pyrrole nitrogens is 2. The molecule has 0 aliphatic carbocycles. The van der Waals surface area contributed by atoms with Gasteiger partial charge in [0.15, 0.2) is 0 Å². The van der Waals surface area contributed by atoms with E-state index in [9.17, 15) is 24.9 Å². The molecule has 6 aromatic rings. The number of benzene rings is 3. The van der Waals surface area contributed by atoms with Crippen LogP contribution in [0.15, 0.2) is 79.1 Å². The number of nitrogens with zero attached hydrogens (tertiary/aromatic N) is 5. The van der Waals surface area contributed by atoms with Crippen LogP contribution in [0.1, 0.15) is 88.9 Å². The first kappa shape index (κ1) is 40.3. The van der Waals surface area contributed by atoms with Gasteiger partial charge in [-0.3, -0.25) is 9.69 Å². The van der Waals surface area contributed by atoms with E-state index >= 15 is 0 Å². The number of amides is 2. The summed E-state index contributed by atoms with van der Waals surface area (Å²) in [6, 6.07) is 20.1. The minimum Gasteiger partial charge on any atom is -0.508 e. The van der Waals surface area contributed by atoms with Gasteiger partial charge in [0.25, 0.3) is 0 Å². The summed E-state index contributed by atoms with van der Waals surface area (Å²) in [6.07, 6.45) is 4.37. The Kier molecular flexibility index (Phi) is 10.6. The smallest absolute Gasteiger partial charge is 0.405 e. The van der Waals surface area contributed by atoms with Crippen molar-refractivity contribution >= 4 is 22.9 Å². The van der Waals surface area contributed by atoms with Crippen molar-refractivity contribution in [3.8, 4) is 45.3 Å². The van der Waals surface area contributed by atoms with E-state index in [0.717, 1.165) is 88.3 Å². The molecule has 2 unspecified atom stereocenters. The number of phenolic OH excluding ortho intramolecular Hbond substituents is 1. The summed E-state index contributed by atoms with van der Waals surface area (Å²) in [5, 5.41) is 34.5. The van der Waals surface area contributed by atoms with E-state index in [-0.39, 0.29) is 41.6 Å². The van der Waals surface area contributed by atoms with E-state index in [1.807, 2.05) is 58.2 Å². The van der Waals surface area contributed by atoms with Gasteiger partial charge in [0, 0.05) is 46.8 Å². The third-order valence-corrected chi connectivity index (χ3v) is 12.7. The van der Waals surface area contributed by atoms with Gasteiger partial charge in [-0.1, -0.05) is 52.0 Å². The fraction of sp³-hybridized carbons (Fsp3) is 0.391. The second kappa shape index (κ2) is 16.0. The molecule has 6 atom stereocenters. The molecule has 8 N–H and O–H groups in total. The Morgan fingerprint density at radius 1 is 0.869 bits per heavy atom. The summed E-state index contributed by atoms with van der Waals surface area (Å²) in [7, 11) is 0. The molecule has 0 bridgehead atoms.